The number of benzene rings is 1. The number of fused-ring (bicyclic) bond motifs is 6. The summed E-state index contributed by atoms with van der Waals surface area (Å²) in [6.07, 6.45) is 6.58. The van der Waals surface area contributed by atoms with Crippen molar-refractivity contribution < 1.29 is 19.4 Å². The normalized spacial score (nSPS) is 40.4. The number of aliphatic hydroxyl groups is 1. The van der Waals surface area contributed by atoms with Gasteiger partial charge in [0.05, 0.1) is 29.6 Å². The third kappa shape index (κ3) is 2.75. The molecular formula is C28H31FN2O3. The second-order valence-corrected chi connectivity index (χ2v) is 11.5. The topological polar surface area (TPSA) is 75.3 Å². The number of allylic oxidation sites excluding steroid dienone is 3. The molecule has 0 amide bonds. The largest absolute Gasteiger partial charge is 0.481 e. The van der Waals surface area contributed by atoms with E-state index in [0.717, 1.165) is 23.4 Å². The Labute approximate surface area is 199 Å². The third-order valence-corrected chi connectivity index (χ3v) is 9.63. The predicted octanol–water partition coefficient (Wildman–Crippen LogP) is 5.05. The monoisotopic (exact) mass is 462 g/mol. The molecule has 1 heterocycles. The number of carbonyl (C=O) groups is 1. The molecule has 6 heteroatoms. The van der Waals surface area contributed by atoms with Gasteiger partial charge < -0.3 is 10.2 Å². The number of hydrogen-bond donors (Lipinski definition) is 2. The zero-order valence-electron chi connectivity index (χ0n) is 19.8. The van der Waals surface area contributed by atoms with E-state index in [1.807, 2.05) is 61.1 Å². The van der Waals surface area contributed by atoms with Gasteiger partial charge in [0.15, 0.2) is 0 Å². The Morgan fingerprint density at radius 3 is 2.68 bits per heavy atom. The zero-order valence-corrected chi connectivity index (χ0v) is 19.8. The van der Waals surface area contributed by atoms with Gasteiger partial charge in [-0.15, -0.1) is 0 Å². The van der Waals surface area contributed by atoms with Gasteiger partial charge in [-0.05, 0) is 77.9 Å². The van der Waals surface area contributed by atoms with Crippen molar-refractivity contribution in [2.75, 3.05) is 0 Å². The minimum absolute atomic E-state index is 0.00159. The molecule has 34 heavy (non-hydrogen) atoms. The van der Waals surface area contributed by atoms with E-state index >= 15 is 4.39 Å². The van der Waals surface area contributed by atoms with Crippen molar-refractivity contribution in [2.24, 2.45) is 40.4 Å². The van der Waals surface area contributed by atoms with E-state index in [1.165, 1.54) is 0 Å². The number of carboxylic acid groups (broad SMARTS) is 1. The highest BCUT2D eigenvalue weighted by atomic mass is 19.1. The van der Waals surface area contributed by atoms with Gasteiger partial charge in [0.2, 0.25) is 0 Å². The molecule has 4 aliphatic rings. The number of para-hydroxylation sites is 1. The van der Waals surface area contributed by atoms with Crippen molar-refractivity contribution in [3.05, 3.63) is 65.3 Å². The quantitative estimate of drug-likeness (QED) is 0.655. The molecule has 1 aromatic heterocycles. The summed E-state index contributed by atoms with van der Waals surface area (Å²) in [4.78, 5) is 12.2. The van der Waals surface area contributed by atoms with Crippen molar-refractivity contribution in [3.63, 3.8) is 0 Å². The Morgan fingerprint density at radius 2 is 1.97 bits per heavy atom. The van der Waals surface area contributed by atoms with Crippen LogP contribution in [0.25, 0.3) is 11.8 Å². The van der Waals surface area contributed by atoms with Crippen LogP contribution in [0.15, 0.2) is 54.0 Å². The Bertz CT molecular complexity index is 1230. The predicted molar refractivity (Wildman–Crippen MR) is 127 cm³/mol. The summed E-state index contributed by atoms with van der Waals surface area (Å²) < 4.78 is 17.7. The summed E-state index contributed by atoms with van der Waals surface area (Å²) in [5, 5.41) is 26.1. The number of nitrogens with zero attached hydrogens (tertiary/aromatic N) is 2. The maximum absolute atomic E-state index is 15.9. The summed E-state index contributed by atoms with van der Waals surface area (Å²) >= 11 is 0. The second kappa shape index (κ2) is 7.14. The molecule has 1 aromatic carbocycles. The van der Waals surface area contributed by atoms with E-state index in [4.69, 9.17) is 0 Å². The molecule has 5 nitrogen and oxygen atoms in total. The fourth-order valence-electron chi connectivity index (χ4n) is 8.39. The molecule has 2 fully saturated rings. The number of carboxylic acids is 1. The first-order chi connectivity index (χ1) is 16.1. The van der Waals surface area contributed by atoms with Crippen molar-refractivity contribution >= 4 is 12.0 Å². The third-order valence-electron chi connectivity index (χ3n) is 9.63. The van der Waals surface area contributed by atoms with Crippen molar-refractivity contribution in [2.45, 2.75) is 46.1 Å². The SMILES string of the molecule is C[C@@H]1CC2C3C=C(F)C4=Cc5c(cnn5-c5ccccc5)CC4(C)C3C(O)CC2(C)C1C(=O)O. The van der Waals surface area contributed by atoms with E-state index in [1.54, 1.807) is 6.08 Å². The highest BCUT2D eigenvalue weighted by Gasteiger charge is 2.65. The highest BCUT2D eigenvalue weighted by molar-refractivity contribution is 5.72. The van der Waals surface area contributed by atoms with Crippen LogP contribution in [0.1, 0.15) is 44.9 Å². The summed E-state index contributed by atoms with van der Waals surface area (Å²) in [6, 6.07) is 9.83. The van der Waals surface area contributed by atoms with E-state index in [-0.39, 0.29) is 29.5 Å². The molecule has 178 valence electrons. The van der Waals surface area contributed by atoms with Crippen LogP contribution in [-0.4, -0.2) is 32.1 Å². The number of rotatable bonds is 2. The van der Waals surface area contributed by atoms with Gasteiger partial charge in [-0.25, -0.2) is 9.07 Å². The van der Waals surface area contributed by atoms with Crippen LogP contribution in [0.4, 0.5) is 4.39 Å². The zero-order chi connectivity index (χ0) is 24.0. The van der Waals surface area contributed by atoms with Crippen LogP contribution in [0, 0.1) is 40.4 Å². The molecule has 0 spiro atoms. The molecule has 0 radical (unpaired) electrons. The molecule has 7 unspecified atom stereocenters. The fraction of sp³-hybridized carbons (Fsp3) is 0.500. The number of hydrogen-bond acceptors (Lipinski definition) is 3. The summed E-state index contributed by atoms with van der Waals surface area (Å²) in [7, 11) is 0. The van der Waals surface area contributed by atoms with Crippen LogP contribution >= 0.6 is 0 Å². The van der Waals surface area contributed by atoms with Crippen LogP contribution in [0.2, 0.25) is 0 Å². The molecule has 0 bridgehead atoms. The molecule has 2 N–H and O–H groups in total. The number of aliphatic hydroxyl groups excluding tert-OH is 1. The lowest BCUT2D eigenvalue weighted by Crippen LogP contribution is -2.56. The Morgan fingerprint density at radius 1 is 1.24 bits per heavy atom. The van der Waals surface area contributed by atoms with Gasteiger partial charge in [0, 0.05) is 11.3 Å². The van der Waals surface area contributed by atoms with E-state index in [2.05, 4.69) is 12.0 Å². The van der Waals surface area contributed by atoms with Crippen LogP contribution in [-0.2, 0) is 11.2 Å². The summed E-state index contributed by atoms with van der Waals surface area (Å²) in [5.74, 6) is -1.87. The molecule has 4 aliphatic carbocycles. The molecule has 2 saturated carbocycles. The number of aromatic nitrogens is 2. The molecule has 0 saturated heterocycles. The Balaban J connectivity index is 1.46. The molecule has 2 aromatic rings. The highest BCUT2D eigenvalue weighted by Crippen LogP contribution is 2.67. The van der Waals surface area contributed by atoms with Gasteiger partial charge in [-0.3, -0.25) is 4.79 Å². The Kier molecular flexibility index (Phi) is 4.57. The summed E-state index contributed by atoms with van der Waals surface area (Å²) in [6.45, 7) is 6.07. The summed E-state index contributed by atoms with van der Waals surface area (Å²) in [5.41, 5.74) is 2.37. The van der Waals surface area contributed by atoms with Crippen LogP contribution in [0.5, 0.6) is 0 Å². The smallest absolute Gasteiger partial charge is 0.307 e. The van der Waals surface area contributed by atoms with Crippen molar-refractivity contribution in [1.82, 2.24) is 9.78 Å². The van der Waals surface area contributed by atoms with E-state index in [9.17, 15) is 15.0 Å². The lowest BCUT2D eigenvalue weighted by molar-refractivity contribution is -0.154. The van der Waals surface area contributed by atoms with Gasteiger partial charge >= 0.3 is 5.97 Å². The first-order valence-electron chi connectivity index (χ1n) is 12.3. The number of aliphatic carboxylic acids is 1. The van der Waals surface area contributed by atoms with Gasteiger partial charge in [-0.1, -0.05) is 39.0 Å². The maximum Gasteiger partial charge on any atom is 0.307 e. The molecule has 6 rings (SSSR count). The fourth-order valence-corrected chi connectivity index (χ4v) is 8.39. The van der Waals surface area contributed by atoms with Gasteiger partial charge in [0.25, 0.3) is 0 Å². The maximum atomic E-state index is 15.9. The molecular weight excluding hydrogens is 431 g/mol. The lowest BCUT2D eigenvalue weighted by Gasteiger charge is -2.57. The standard InChI is InChI=1S/C28H31FN2O3/c1-15-9-19-18-10-21(29)20-11-22-16(14-30-31(22)17-7-5-4-6-8-17)12-27(20,2)25(18)23(32)13-28(19,3)24(15)26(33)34/h4-8,10-11,14-15,18-19,23-25,32H,9,12-13H2,1-3H3,(H,33,34)/t15-,18?,19?,23?,24?,25?,27?,28?/m1/s1. The van der Waals surface area contributed by atoms with E-state index < -0.39 is 28.8 Å². The first kappa shape index (κ1) is 21.8. The molecule has 0 aliphatic heterocycles. The minimum Gasteiger partial charge on any atom is -0.481 e. The average Bonchev–Trinajstić information content (AvgIpc) is 3.29. The van der Waals surface area contributed by atoms with Crippen molar-refractivity contribution in [3.8, 4) is 5.69 Å². The molecule has 8 atom stereocenters. The van der Waals surface area contributed by atoms with Crippen molar-refractivity contribution in [1.29, 1.82) is 0 Å². The lowest BCUT2D eigenvalue weighted by atomic mass is 9.47. The first-order valence-corrected chi connectivity index (χ1v) is 12.3. The van der Waals surface area contributed by atoms with Gasteiger partial charge in [-0.2, -0.15) is 5.10 Å². The van der Waals surface area contributed by atoms with Crippen LogP contribution in [0.3, 0.4) is 0 Å². The second-order valence-electron chi connectivity index (χ2n) is 11.5. The Hall–Kier alpha value is -2.73. The average molecular weight is 463 g/mol. The van der Waals surface area contributed by atoms with E-state index in [0.29, 0.717) is 18.4 Å². The van der Waals surface area contributed by atoms with Gasteiger partial charge in [0.1, 0.15) is 5.83 Å². The number of halogens is 1. The van der Waals surface area contributed by atoms with Crippen LogP contribution < -0.4 is 0 Å². The minimum atomic E-state index is -0.800.